The highest BCUT2D eigenvalue weighted by atomic mass is 32.1. The summed E-state index contributed by atoms with van der Waals surface area (Å²) in [5.41, 5.74) is 4.55. The molecule has 4 rings (SSSR count). The summed E-state index contributed by atoms with van der Waals surface area (Å²) in [6.45, 7) is 4.04. The smallest absolute Gasteiger partial charge is 0.257 e. The quantitative estimate of drug-likeness (QED) is 0.594. The number of benzene rings is 2. The first kappa shape index (κ1) is 15.7. The van der Waals surface area contributed by atoms with Crippen LogP contribution >= 0.6 is 11.3 Å². The number of carbonyl (C=O) groups excluding carboxylic acids is 2. The van der Waals surface area contributed by atoms with E-state index in [1.807, 2.05) is 44.2 Å². The van der Waals surface area contributed by atoms with Crippen molar-refractivity contribution in [3.8, 4) is 11.1 Å². The molecule has 4 nitrogen and oxygen atoms in total. The van der Waals surface area contributed by atoms with Crippen molar-refractivity contribution in [2.75, 3.05) is 5.32 Å². The zero-order valence-electron chi connectivity index (χ0n) is 13.9. The lowest BCUT2D eigenvalue weighted by molar-refractivity contribution is 0.102. The molecule has 0 saturated carbocycles. The number of ketones is 1. The summed E-state index contributed by atoms with van der Waals surface area (Å²) in [6.07, 6.45) is 0.837. The molecule has 0 radical (unpaired) electrons. The van der Waals surface area contributed by atoms with Crippen LogP contribution in [-0.2, 0) is 6.42 Å². The molecule has 0 atom stereocenters. The number of fused-ring (bicyclic) bond motifs is 3. The Morgan fingerprint density at radius 2 is 1.80 bits per heavy atom. The van der Waals surface area contributed by atoms with Gasteiger partial charge in [0.25, 0.3) is 5.91 Å². The first-order chi connectivity index (χ1) is 12.1. The molecule has 3 aromatic rings. The summed E-state index contributed by atoms with van der Waals surface area (Å²) in [6, 6.07) is 12.8. The maximum absolute atomic E-state index is 12.6. The van der Waals surface area contributed by atoms with E-state index in [-0.39, 0.29) is 11.7 Å². The number of aryl methyl sites for hydroxylation is 2. The second-order valence-corrected chi connectivity index (χ2v) is 7.17. The van der Waals surface area contributed by atoms with Gasteiger partial charge in [0.15, 0.2) is 10.9 Å². The molecule has 1 amide bonds. The number of carbonyl (C=O) groups is 2. The molecule has 1 aliphatic rings. The number of thiazole rings is 1. The first-order valence-electron chi connectivity index (χ1n) is 8.14. The third-order valence-electron chi connectivity index (χ3n) is 4.44. The zero-order chi connectivity index (χ0) is 17.6. The van der Waals surface area contributed by atoms with Crippen molar-refractivity contribution in [3.63, 3.8) is 0 Å². The lowest BCUT2D eigenvalue weighted by atomic mass is 10.0. The topological polar surface area (TPSA) is 59.1 Å². The highest BCUT2D eigenvalue weighted by Gasteiger charge is 2.27. The van der Waals surface area contributed by atoms with Gasteiger partial charge in [-0.1, -0.05) is 37.3 Å². The first-order valence-corrected chi connectivity index (χ1v) is 8.96. The van der Waals surface area contributed by atoms with Crippen LogP contribution in [-0.4, -0.2) is 16.7 Å². The minimum absolute atomic E-state index is 0.0291. The van der Waals surface area contributed by atoms with E-state index in [9.17, 15) is 9.59 Å². The number of anilines is 1. The van der Waals surface area contributed by atoms with Crippen LogP contribution in [0.5, 0.6) is 0 Å². The predicted molar refractivity (Wildman–Crippen MR) is 99.5 cm³/mol. The summed E-state index contributed by atoms with van der Waals surface area (Å²) >= 11 is 1.47. The summed E-state index contributed by atoms with van der Waals surface area (Å²) in [5.74, 6) is -0.276. The molecular formula is C20H16N2O2S. The lowest BCUT2D eigenvalue weighted by Crippen LogP contribution is -2.12. The van der Waals surface area contributed by atoms with Crippen LogP contribution in [0.25, 0.3) is 11.1 Å². The second kappa shape index (κ2) is 5.93. The van der Waals surface area contributed by atoms with Crippen molar-refractivity contribution < 1.29 is 9.59 Å². The van der Waals surface area contributed by atoms with Crippen molar-refractivity contribution in [1.82, 2.24) is 4.98 Å². The van der Waals surface area contributed by atoms with E-state index in [1.54, 1.807) is 12.1 Å². The Kier molecular flexibility index (Phi) is 3.73. The Labute approximate surface area is 149 Å². The van der Waals surface area contributed by atoms with Crippen molar-refractivity contribution >= 4 is 28.2 Å². The van der Waals surface area contributed by atoms with Crippen molar-refractivity contribution in [3.05, 3.63) is 69.7 Å². The number of amides is 1. The fourth-order valence-electron chi connectivity index (χ4n) is 3.15. The molecule has 1 heterocycles. The summed E-state index contributed by atoms with van der Waals surface area (Å²) in [5, 5.41) is 3.43. The standard InChI is InChI=1S/C20H16N2O2S/c1-3-17-11(2)25-20(21-17)22-19(24)12-8-9-14-13-6-4-5-7-15(13)18(23)16(14)10-12/h4-10H,3H2,1-2H3,(H,21,22,24). The van der Waals surface area contributed by atoms with Crippen LogP contribution in [0.2, 0.25) is 0 Å². The van der Waals surface area contributed by atoms with E-state index in [1.165, 1.54) is 11.3 Å². The van der Waals surface area contributed by atoms with E-state index in [0.29, 0.717) is 21.8 Å². The van der Waals surface area contributed by atoms with E-state index < -0.39 is 0 Å². The van der Waals surface area contributed by atoms with Gasteiger partial charge in [-0.15, -0.1) is 11.3 Å². The van der Waals surface area contributed by atoms with Crippen molar-refractivity contribution in [2.45, 2.75) is 20.3 Å². The number of hydrogen-bond acceptors (Lipinski definition) is 4. The fourth-order valence-corrected chi connectivity index (χ4v) is 4.05. The molecule has 1 aromatic heterocycles. The van der Waals surface area contributed by atoms with Gasteiger partial charge in [-0.3, -0.25) is 14.9 Å². The molecule has 1 aliphatic carbocycles. The Hall–Kier alpha value is -2.79. The Bertz CT molecular complexity index is 1020. The molecule has 5 heteroatoms. The molecule has 0 bridgehead atoms. The summed E-state index contributed by atoms with van der Waals surface area (Å²) in [4.78, 5) is 30.7. The van der Waals surface area contributed by atoms with Gasteiger partial charge < -0.3 is 0 Å². The maximum atomic E-state index is 12.6. The largest absolute Gasteiger partial charge is 0.298 e. The van der Waals surface area contributed by atoms with E-state index in [0.717, 1.165) is 28.1 Å². The minimum Gasteiger partial charge on any atom is -0.298 e. The Morgan fingerprint density at radius 3 is 2.52 bits per heavy atom. The molecule has 25 heavy (non-hydrogen) atoms. The Balaban J connectivity index is 1.64. The van der Waals surface area contributed by atoms with Crippen LogP contribution in [0, 0.1) is 6.92 Å². The number of rotatable bonds is 3. The average molecular weight is 348 g/mol. The SMILES string of the molecule is CCc1nc(NC(=O)c2ccc3c(c2)C(=O)c2ccccc2-3)sc1C. The molecule has 0 unspecified atom stereocenters. The highest BCUT2D eigenvalue weighted by molar-refractivity contribution is 7.15. The van der Waals surface area contributed by atoms with Crippen LogP contribution in [0.3, 0.4) is 0 Å². The van der Waals surface area contributed by atoms with Crippen molar-refractivity contribution in [2.24, 2.45) is 0 Å². The minimum atomic E-state index is -0.247. The summed E-state index contributed by atoms with van der Waals surface area (Å²) in [7, 11) is 0. The number of aromatic nitrogens is 1. The normalized spacial score (nSPS) is 12.0. The number of nitrogens with zero attached hydrogens (tertiary/aromatic N) is 1. The molecule has 124 valence electrons. The molecule has 1 N–H and O–H groups in total. The highest BCUT2D eigenvalue weighted by Crippen LogP contribution is 2.36. The third-order valence-corrected chi connectivity index (χ3v) is 5.36. The van der Waals surface area contributed by atoms with Gasteiger partial charge in [0.1, 0.15) is 0 Å². The van der Waals surface area contributed by atoms with E-state index in [4.69, 9.17) is 0 Å². The van der Waals surface area contributed by atoms with Gasteiger partial charge >= 0.3 is 0 Å². The number of hydrogen-bond donors (Lipinski definition) is 1. The molecule has 0 aliphatic heterocycles. The maximum Gasteiger partial charge on any atom is 0.257 e. The fraction of sp³-hybridized carbons (Fsp3) is 0.150. The lowest BCUT2D eigenvalue weighted by Gasteiger charge is -2.04. The average Bonchev–Trinajstić information content (AvgIpc) is 3.12. The summed E-state index contributed by atoms with van der Waals surface area (Å²) < 4.78 is 0. The van der Waals surface area contributed by atoms with Crippen LogP contribution < -0.4 is 5.32 Å². The number of nitrogens with one attached hydrogen (secondary N) is 1. The second-order valence-electron chi connectivity index (χ2n) is 5.96. The molecule has 2 aromatic carbocycles. The Morgan fingerprint density at radius 1 is 1.08 bits per heavy atom. The van der Waals surface area contributed by atoms with Gasteiger partial charge in [-0.2, -0.15) is 0 Å². The van der Waals surface area contributed by atoms with Crippen molar-refractivity contribution in [1.29, 1.82) is 0 Å². The molecule has 0 fully saturated rings. The zero-order valence-corrected chi connectivity index (χ0v) is 14.7. The van der Waals surface area contributed by atoms with Gasteiger partial charge in [0.05, 0.1) is 5.69 Å². The van der Waals surface area contributed by atoms with Crippen LogP contribution in [0.1, 0.15) is 43.8 Å². The van der Waals surface area contributed by atoms with Gasteiger partial charge in [-0.05, 0) is 36.6 Å². The molecule has 0 saturated heterocycles. The molecular weight excluding hydrogens is 332 g/mol. The van der Waals surface area contributed by atoms with Crippen LogP contribution in [0.15, 0.2) is 42.5 Å². The molecule has 0 spiro atoms. The predicted octanol–water partition coefficient (Wildman–Crippen LogP) is 4.48. The van der Waals surface area contributed by atoms with Gasteiger partial charge in [0, 0.05) is 21.6 Å². The van der Waals surface area contributed by atoms with Gasteiger partial charge in [0.2, 0.25) is 0 Å². The monoisotopic (exact) mass is 348 g/mol. The van der Waals surface area contributed by atoms with E-state index >= 15 is 0 Å². The third kappa shape index (κ3) is 2.57. The van der Waals surface area contributed by atoms with Gasteiger partial charge in [-0.25, -0.2) is 4.98 Å². The van der Waals surface area contributed by atoms with Crippen LogP contribution in [0.4, 0.5) is 5.13 Å². The van der Waals surface area contributed by atoms with E-state index in [2.05, 4.69) is 10.3 Å².